The van der Waals surface area contributed by atoms with Gasteiger partial charge in [0.25, 0.3) is 0 Å². The maximum absolute atomic E-state index is 12.5. The summed E-state index contributed by atoms with van der Waals surface area (Å²) in [5.41, 5.74) is 3.13. The van der Waals surface area contributed by atoms with Gasteiger partial charge in [-0.3, -0.25) is 0 Å². The number of sulfone groups is 1. The Morgan fingerprint density at radius 2 is 1.67 bits per heavy atom. The Labute approximate surface area is 130 Å². The first kappa shape index (κ1) is 18.2. The third-order valence-electron chi connectivity index (χ3n) is 3.90. The van der Waals surface area contributed by atoms with Crippen LogP contribution in [0, 0.1) is 19.8 Å². The van der Waals surface area contributed by atoms with Crippen LogP contribution in [0.5, 0.6) is 0 Å². The van der Waals surface area contributed by atoms with E-state index in [2.05, 4.69) is 25.2 Å². The quantitative estimate of drug-likeness (QED) is 0.801. The molecule has 0 saturated heterocycles. The average molecular weight is 311 g/mol. The fraction of sp³-hybridized carbons (Fsp3) is 0.647. The van der Waals surface area contributed by atoms with Crippen LogP contribution in [-0.4, -0.2) is 26.8 Å². The Bertz CT molecular complexity index is 532. The van der Waals surface area contributed by atoms with E-state index < -0.39 is 9.84 Å². The van der Waals surface area contributed by atoms with Gasteiger partial charge < -0.3 is 5.32 Å². The highest BCUT2D eigenvalue weighted by Crippen LogP contribution is 2.16. The van der Waals surface area contributed by atoms with Crippen LogP contribution in [0.2, 0.25) is 0 Å². The Morgan fingerprint density at radius 1 is 1.10 bits per heavy atom. The molecule has 2 atom stereocenters. The number of rotatable bonds is 8. The summed E-state index contributed by atoms with van der Waals surface area (Å²) in [5.74, 6) is 0.704. The highest BCUT2D eigenvalue weighted by molar-refractivity contribution is 7.90. The van der Waals surface area contributed by atoms with E-state index in [1.165, 1.54) is 0 Å². The lowest BCUT2D eigenvalue weighted by atomic mass is 10.0. The molecule has 0 aliphatic heterocycles. The van der Waals surface area contributed by atoms with Crippen molar-refractivity contribution in [1.82, 2.24) is 5.32 Å². The van der Waals surface area contributed by atoms with Crippen LogP contribution in [0.15, 0.2) is 18.2 Å². The normalized spacial score (nSPS) is 14.9. The van der Waals surface area contributed by atoms with Gasteiger partial charge in [0.05, 0.1) is 11.5 Å². The number of aryl methyl sites for hydroxylation is 2. The van der Waals surface area contributed by atoms with E-state index in [-0.39, 0.29) is 17.5 Å². The molecular weight excluding hydrogens is 282 g/mol. The molecule has 0 bridgehead atoms. The molecule has 0 aliphatic carbocycles. The van der Waals surface area contributed by atoms with Crippen LogP contribution in [0.4, 0.5) is 0 Å². The summed E-state index contributed by atoms with van der Waals surface area (Å²) in [6.45, 7) is 11.0. The van der Waals surface area contributed by atoms with Crippen molar-refractivity contribution < 1.29 is 8.42 Å². The number of nitrogens with one attached hydrogen (secondary N) is 1. The fourth-order valence-electron chi connectivity index (χ4n) is 2.71. The summed E-state index contributed by atoms with van der Waals surface area (Å²) in [5, 5.41) is 3.32. The van der Waals surface area contributed by atoms with E-state index in [1.54, 1.807) is 0 Å². The van der Waals surface area contributed by atoms with E-state index in [1.807, 2.05) is 32.9 Å². The van der Waals surface area contributed by atoms with Crippen molar-refractivity contribution in [3.05, 3.63) is 34.9 Å². The van der Waals surface area contributed by atoms with Crippen molar-refractivity contribution >= 4 is 9.84 Å². The molecular formula is C17H29NO2S. The van der Waals surface area contributed by atoms with Gasteiger partial charge in [-0.05, 0) is 31.9 Å². The summed E-state index contributed by atoms with van der Waals surface area (Å²) < 4.78 is 25.0. The third kappa shape index (κ3) is 6.18. The number of benzene rings is 1. The molecule has 0 aromatic heterocycles. The Kier molecular flexibility index (Phi) is 6.88. The molecule has 0 spiro atoms. The average Bonchev–Trinajstić information content (AvgIpc) is 2.35. The number of hydrogen-bond donors (Lipinski definition) is 1. The van der Waals surface area contributed by atoms with Crippen molar-refractivity contribution in [2.45, 2.75) is 52.8 Å². The molecule has 4 heteroatoms. The van der Waals surface area contributed by atoms with Crippen LogP contribution in [0.1, 0.15) is 43.9 Å². The molecule has 2 unspecified atom stereocenters. The van der Waals surface area contributed by atoms with Crippen molar-refractivity contribution in [3.63, 3.8) is 0 Å². The topological polar surface area (TPSA) is 46.2 Å². The van der Waals surface area contributed by atoms with Crippen LogP contribution in [0.25, 0.3) is 0 Å². The van der Waals surface area contributed by atoms with Gasteiger partial charge in [0, 0.05) is 6.04 Å². The van der Waals surface area contributed by atoms with Gasteiger partial charge in [-0.25, -0.2) is 8.42 Å². The van der Waals surface area contributed by atoms with E-state index in [4.69, 9.17) is 0 Å². The fourth-order valence-corrected chi connectivity index (χ4v) is 4.50. The molecule has 1 N–H and O–H groups in total. The molecule has 0 heterocycles. The van der Waals surface area contributed by atoms with E-state index in [0.29, 0.717) is 5.92 Å². The summed E-state index contributed by atoms with van der Waals surface area (Å²) in [6, 6.07) is 6.04. The maximum Gasteiger partial charge on any atom is 0.155 e. The predicted octanol–water partition coefficient (Wildman–Crippen LogP) is 3.24. The lowest BCUT2D eigenvalue weighted by Crippen LogP contribution is -2.40. The van der Waals surface area contributed by atoms with Gasteiger partial charge in [0.2, 0.25) is 0 Å². The number of hydrogen-bond acceptors (Lipinski definition) is 3. The predicted molar refractivity (Wildman–Crippen MR) is 90.3 cm³/mol. The van der Waals surface area contributed by atoms with Crippen molar-refractivity contribution in [2.75, 3.05) is 12.3 Å². The zero-order valence-corrected chi connectivity index (χ0v) is 14.8. The minimum absolute atomic E-state index is 0.0379. The van der Waals surface area contributed by atoms with Crippen LogP contribution < -0.4 is 5.32 Å². The van der Waals surface area contributed by atoms with Gasteiger partial charge in [-0.15, -0.1) is 0 Å². The van der Waals surface area contributed by atoms with Gasteiger partial charge >= 0.3 is 0 Å². The molecule has 1 aromatic carbocycles. The first-order chi connectivity index (χ1) is 9.77. The second-order valence-corrected chi connectivity index (χ2v) is 8.21. The van der Waals surface area contributed by atoms with E-state index >= 15 is 0 Å². The highest BCUT2D eigenvalue weighted by atomic mass is 32.2. The summed E-state index contributed by atoms with van der Waals surface area (Å²) in [4.78, 5) is 0. The van der Waals surface area contributed by atoms with E-state index in [0.717, 1.165) is 29.7 Å². The Morgan fingerprint density at radius 3 is 2.14 bits per heavy atom. The van der Waals surface area contributed by atoms with Crippen molar-refractivity contribution in [2.24, 2.45) is 5.92 Å². The monoisotopic (exact) mass is 311 g/mol. The minimum atomic E-state index is -3.11. The van der Waals surface area contributed by atoms with Crippen molar-refractivity contribution in [1.29, 1.82) is 0 Å². The second kappa shape index (κ2) is 7.95. The lowest BCUT2D eigenvalue weighted by Gasteiger charge is -2.23. The highest BCUT2D eigenvalue weighted by Gasteiger charge is 2.23. The molecule has 0 fully saturated rings. The van der Waals surface area contributed by atoms with Crippen LogP contribution in [0.3, 0.4) is 0 Å². The minimum Gasteiger partial charge on any atom is -0.313 e. The smallest absolute Gasteiger partial charge is 0.155 e. The zero-order valence-electron chi connectivity index (χ0n) is 13.9. The molecule has 3 nitrogen and oxygen atoms in total. The molecule has 0 saturated carbocycles. The maximum atomic E-state index is 12.5. The third-order valence-corrected chi connectivity index (χ3v) is 5.54. The molecule has 120 valence electrons. The summed E-state index contributed by atoms with van der Waals surface area (Å²) >= 11 is 0. The first-order valence-electron chi connectivity index (χ1n) is 7.78. The first-order valence-corrected chi connectivity index (χ1v) is 9.60. The summed E-state index contributed by atoms with van der Waals surface area (Å²) in [7, 11) is -3.11. The molecule has 0 radical (unpaired) electrons. The molecule has 1 rings (SSSR count). The van der Waals surface area contributed by atoms with Gasteiger partial charge in [0.1, 0.15) is 0 Å². The Hall–Kier alpha value is -0.870. The van der Waals surface area contributed by atoms with E-state index in [9.17, 15) is 8.42 Å². The molecule has 0 amide bonds. The van der Waals surface area contributed by atoms with Gasteiger partial charge in [-0.1, -0.05) is 56.5 Å². The largest absolute Gasteiger partial charge is 0.313 e. The Balaban J connectivity index is 2.84. The lowest BCUT2D eigenvalue weighted by molar-refractivity contribution is 0.398. The van der Waals surface area contributed by atoms with Crippen molar-refractivity contribution in [3.8, 4) is 0 Å². The standard InChI is InChI=1S/C17H29NO2S/c1-6-15(5)17(18-7-2)12-21(19,20)11-16-9-13(3)8-14(4)10-16/h8-10,15,17-18H,6-7,11-12H2,1-5H3. The molecule has 1 aromatic rings. The van der Waals surface area contributed by atoms with Gasteiger partial charge in [0.15, 0.2) is 9.84 Å². The second-order valence-electron chi connectivity index (χ2n) is 6.10. The zero-order chi connectivity index (χ0) is 16.0. The van der Waals surface area contributed by atoms with Gasteiger partial charge in [-0.2, -0.15) is 0 Å². The molecule has 21 heavy (non-hydrogen) atoms. The van der Waals surface area contributed by atoms with Crippen LogP contribution in [-0.2, 0) is 15.6 Å². The SMILES string of the molecule is CCNC(CS(=O)(=O)Cc1cc(C)cc(C)c1)C(C)CC. The molecule has 0 aliphatic rings. The summed E-state index contributed by atoms with van der Waals surface area (Å²) in [6.07, 6.45) is 0.983. The van der Waals surface area contributed by atoms with Crippen LogP contribution >= 0.6 is 0 Å².